The zero-order chi connectivity index (χ0) is 22.8. The summed E-state index contributed by atoms with van der Waals surface area (Å²) in [5.74, 6) is -0.896. The van der Waals surface area contributed by atoms with E-state index in [2.05, 4.69) is 15.5 Å². The molecule has 0 spiro atoms. The van der Waals surface area contributed by atoms with Crippen LogP contribution in [0.4, 0.5) is 15.8 Å². The molecule has 1 aliphatic heterocycles. The monoisotopic (exact) mass is 440 g/mol. The minimum absolute atomic E-state index is 0.173. The van der Waals surface area contributed by atoms with Gasteiger partial charge in [-0.15, -0.1) is 0 Å². The number of anilines is 2. The SMILES string of the molecule is O=C(Nc1cccc2c1CCCN2C(=O)c1cc(-c2ccccc2)n[nH]1)c1ccc(F)cc1. The van der Waals surface area contributed by atoms with E-state index in [1.165, 1.54) is 24.3 Å². The fraction of sp³-hybridized carbons (Fsp3) is 0.115. The second-order valence-electron chi connectivity index (χ2n) is 7.86. The highest BCUT2D eigenvalue weighted by atomic mass is 19.1. The van der Waals surface area contributed by atoms with E-state index in [0.717, 1.165) is 29.7 Å². The quantitative estimate of drug-likeness (QED) is 0.466. The van der Waals surface area contributed by atoms with E-state index < -0.39 is 5.82 Å². The molecule has 164 valence electrons. The Morgan fingerprint density at radius 1 is 0.970 bits per heavy atom. The van der Waals surface area contributed by atoms with Gasteiger partial charge in [0, 0.05) is 29.0 Å². The fourth-order valence-corrected chi connectivity index (χ4v) is 4.08. The van der Waals surface area contributed by atoms with E-state index in [1.807, 2.05) is 48.5 Å². The standard InChI is InChI=1S/C26H21FN4O2/c27-19-13-11-18(12-14-19)25(32)28-21-9-4-10-24-20(21)8-5-15-31(24)26(33)23-16-22(29-30-23)17-6-2-1-3-7-17/h1-4,6-7,9-14,16H,5,8,15H2,(H,28,32)(H,29,30). The topological polar surface area (TPSA) is 78.1 Å². The number of H-pyrrole nitrogens is 1. The summed E-state index contributed by atoms with van der Waals surface area (Å²) >= 11 is 0. The van der Waals surface area contributed by atoms with Crippen molar-refractivity contribution in [1.82, 2.24) is 10.2 Å². The van der Waals surface area contributed by atoms with E-state index >= 15 is 0 Å². The molecular weight excluding hydrogens is 419 g/mol. The Kier molecular flexibility index (Phi) is 5.44. The van der Waals surface area contributed by atoms with E-state index in [9.17, 15) is 14.0 Å². The first-order chi connectivity index (χ1) is 16.1. The van der Waals surface area contributed by atoms with Crippen molar-refractivity contribution in [3.05, 3.63) is 102 Å². The van der Waals surface area contributed by atoms with Gasteiger partial charge >= 0.3 is 0 Å². The fourth-order valence-electron chi connectivity index (χ4n) is 4.08. The predicted molar refractivity (Wildman–Crippen MR) is 125 cm³/mol. The maximum Gasteiger partial charge on any atom is 0.276 e. The third-order valence-corrected chi connectivity index (χ3v) is 5.73. The zero-order valence-corrected chi connectivity index (χ0v) is 17.7. The van der Waals surface area contributed by atoms with Crippen LogP contribution in [0, 0.1) is 5.82 Å². The second kappa shape index (κ2) is 8.70. The first-order valence-corrected chi connectivity index (χ1v) is 10.7. The van der Waals surface area contributed by atoms with Crippen LogP contribution in [-0.4, -0.2) is 28.6 Å². The summed E-state index contributed by atoms with van der Waals surface area (Å²) in [7, 11) is 0. The summed E-state index contributed by atoms with van der Waals surface area (Å²) in [5, 5.41) is 10.1. The molecule has 5 rings (SSSR count). The number of rotatable bonds is 4. The van der Waals surface area contributed by atoms with Crippen molar-refractivity contribution in [1.29, 1.82) is 0 Å². The molecule has 4 aromatic rings. The van der Waals surface area contributed by atoms with Crippen LogP contribution in [0.5, 0.6) is 0 Å². The Morgan fingerprint density at radius 2 is 1.76 bits per heavy atom. The zero-order valence-electron chi connectivity index (χ0n) is 17.7. The molecule has 2 N–H and O–H groups in total. The van der Waals surface area contributed by atoms with Crippen LogP contribution >= 0.6 is 0 Å². The van der Waals surface area contributed by atoms with Gasteiger partial charge in [0.2, 0.25) is 0 Å². The average molecular weight is 440 g/mol. The van der Waals surface area contributed by atoms with Gasteiger partial charge in [-0.3, -0.25) is 14.7 Å². The number of carbonyl (C=O) groups is 2. The van der Waals surface area contributed by atoms with Gasteiger partial charge in [0.1, 0.15) is 11.5 Å². The van der Waals surface area contributed by atoms with Crippen LogP contribution < -0.4 is 10.2 Å². The minimum atomic E-state index is -0.396. The normalized spacial score (nSPS) is 12.8. The largest absolute Gasteiger partial charge is 0.322 e. The lowest BCUT2D eigenvalue weighted by Crippen LogP contribution is -2.36. The molecule has 2 heterocycles. The van der Waals surface area contributed by atoms with E-state index in [0.29, 0.717) is 29.2 Å². The number of aromatic amines is 1. The lowest BCUT2D eigenvalue weighted by atomic mass is 9.99. The highest BCUT2D eigenvalue weighted by Crippen LogP contribution is 2.34. The predicted octanol–water partition coefficient (Wildman–Crippen LogP) is 5.06. The van der Waals surface area contributed by atoms with Crippen LogP contribution in [0.1, 0.15) is 32.8 Å². The number of hydrogen-bond donors (Lipinski definition) is 2. The van der Waals surface area contributed by atoms with Gasteiger partial charge in [-0.1, -0.05) is 36.4 Å². The smallest absolute Gasteiger partial charge is 0.276 e. The first-order valence-electron chi connectivity index (χ1n) is 10.7. The molecule has 0 atom stereocenters. The van der Waals surface area contributed by atoms with Crippen molar-refractivity contribution < 1.29 is 14.0 Å². The summed E-state index contributed by atoms with van der Waals surface area (Å²) in [5.41, 5.74) is 4.71. The van der Waals surface area contributed by atoms with E-state index in [-0.39, 0.29) is 11.8 Å². The lowest BCUT2D eigenvalue weighted by molar-refractivity contribution is 0.0979. The summed E-state index contributed by atoms with van der Waals surface area (Å²) in [4.78, 5) is 27.7. The number of nitrogens with one attached hydrogen (secondary N) is 2. The van der Waals surface area contributed by atoms with Gasteiger partial charge in [0.15, 0.2) is 0 Å². The molecule has 0 saturated heterocycles. The number of amides is 2. The van der Waals surface area contributed by atoms with Crippen molar-refractivity contribution in [2.75, 3.05) is 16.8 Å². The molecule has 2 amide bonds. The summed E-state index contributed by atoms with van der Waals surface area (Å²) in [6.07, 6.45) is 1.50. The van der Waals surface area contributed by atoms with Gasteiger partial charge < -0.3 is 10.2 Å². The molecule has 7 heteroatoms. The summed E-state index contributed by atoms with van der Waals surface area (Å²) < 4.78 is 13.2. The van der Waals surface area contributed by atoms with Crippen molar-refractivity contribution in [2.24, 2.45) is 0 Å². The molecule has 3 aromatic carbocycles. The minimum Gasteiger partial charge on any atom is -0.322 e. The molecule has 1 aromatic heterocycles. The molecular formula is C26H21FN4O2. The Bertz CT molecular complexity index is 1320. The van der Waals surface area contributed by atoms with Crippen LogP contribution in [0.3, 0.4) is 0 Å². The van der Waals surface area contributed by atoms with Gasteiger partial charge in [0.05, 0.1) is 5.69 Å². The van der Waals surface area contributed by atoms with Crippen LogP contribution in [0.15, 0.2) is 78.9 Å². The van der Waals surface area contributed by atoms with Crippen LogP contribution in [0.25, 0.3) is 11.3 Å². The summed E-state index contributed by atoms with van der Waals surface area (Å²) in [6.45, 7) is 0.570. The molecule has 0 saturated carbocycles. The highest BCUT2D eigenvalue weighted by molar-refractivity contribution is 6.08. The highest BCUT2D eigenvalue weighted by Gasteiger charge is 2.27. The van der Waals surface area contributed by atoms with E-state index in [1.54, 1.807) is 11.0 Å². The van der Waals surface area contributed by atoms with Crippen molar-refractivity contribution in [3.8, 4) is 11.3 Å². The Labute approximate surface area is 190 Å². The molecule has 0 radical (unpaired) electrons. The second-order valence-corrected chi connectivity index (χ2v) is 7.86. The first kappa shape index (κ1) is 20.6. The van der Waals surface area contributed by atoms with Crippen LogP contribution in [0.2, 0.25) is 0 Å². The van der Waals surface area contributed by atoms with Crippen molar-refractivity contribution >= 4 is 23.2 Å². The third-order valence-electron chi connectivity index (χ3n) is 5.73. The van der Waals surface area contributed by atoms with Crippen molar-refractivity contribution in [2.45, 2.75) is 12.8 Å². The third kappa shape index (κ3) is 4.13. The van der Waals surface area contributed by atoms with Crippen LogP contribution in [-0.2, 0) is 6.42 Å². The van der Waals surface area contributed by atoms with Crippen molar-refractivity contribution in [3.63, 3.8) is 0 Å². The number of nitrogens with zero attached hydrogens (tertiary/aromatic N) is 2. The Hall–Kier alpha value is -4.26. The molecule has 0 unspecified atom stereocenters. The number of halogens is 1. The molecule has 1 aliphatic rings. The molecule has 0 bridgehead atoms. The number of carbonyl (C=O) groups excluding carboxylic acids is 2. The number of hydrogen-bond acceptors (Lipinski definition) is 3. The average Bonchev–Trinajstić information content (AvgIpc) is 3.35. The number of benzene rings is 3. The Balaban J connectivity index is 1.40. The van der Waals surface area contributed by atoms with Gasteiger partial charge in [0.25, 0.3) is 11.8 Å². The Morgan fingerprint density at radius 3 is 2.55 bits per heavy atom. The number of fused-ring (bicyclic) bond motifs is 1. The molecule has 0 aliphatic carbocycles. The number of aromatic nitrogens is 2. The molecule has 33 heavy (non-hydrogen) atoms. The van der Waals surface area contributed by atoms with Gasteiger partial charge in [-0.05, 0) is 60.9 Å². The summed E-state index contributed by atoms with van der Waals surface area (Å²) in [6, 6.07) is 22.3. The maximum absolute atomic E-state index is 13.3. The van der Waals surface area contributed by atoms with Gasteiger partial charge in [-0.2, -0.15) is 5.10 Å². The van der Waals surface area contributed by atoms with E-state index in [4.69, 9.17) is 0 Å². The lowest BCUT2D eigenvalue weighted by Gasteiger charge is -2.30. The van der Waals surface area contributed by atoms with Gasteiger partial charge in [-0.25, -0.2) is 4.39 Å². The molecule has 6 nitrogen and oxygen atoms in total. The maximum atomic E-state index is 13.3. The molecule has 0 fully saturated rings.